The van der Waals surface area contributed by atoms with Crippen LogP contribution in [-0.4, -0.2) is 0 Å². The van der Waals surface area contributed by atoms with Crippen molar-refractivity contribution in [1.82, 2.24) is 0 Å². The predicted molar refractivity (Wildman–Crippen MR) is 28.6 cm³/mol. The molecule has 0 bridgehead atoms. The zero-order valence-corrected chi connectivity index (χ0v) is 19.1. The molecule has 0 aromatic carbocycles. The normalized spacial score (nSPS) is 8.43. The van der Waals surface area contributed by atoms with E-state index >= 15 is 0 Å². The largest absolute Gasteiger partial charge is 3.00 e. The van der Waals surface area contributed by atoms with E-state index in [-0.39, 0.29) is 111 Å². The summed E-state index contributed by atoms with van der Waals surface area (Å²) >= 11 is 6.54. The van der Waals surface area contributed by atoms with Gasteiger partial charge in [-0.3, -0.25) is 0 Å². The summed E-state index contributed by atoms with van der Waals surface area (Å²) in [5.74, 6) is 0. The van der Waals surface area contributed by atoms with Crippen LogP contribution in [0, 0.1) is 0 Å². The van der Waals surface area contributed by atoms with Gasteiger partial charge in [-0.1, -0.05) is 0 Å². The molecule has 0 aliphatic heterocycles. The molecular formula is AuNa3O6P2S2. The van der Waals surface area contributed by atoms with Crippen LogP contribution in [0.3, 0.4) is 0 Å². The Bertz CT molecular complexity index is 141. The Kier molecular flexibility index (Phi) is 46.2. The van der Waals surface area contributed by atoms with Gasteiger partial charge >= 0.3 is 111 Å². The summed E-state index contributed by atoms with van der Waals surface area (Å²) in [6.07, 6.45) is 0. The van der Waals surface area contributed by atoms with Gasteiger partial charge in [-0.15, -0.1) is 0 Å². The van der Waals surface area contributed by atoms with Gasteiger partial charge in [0.2, 0.25) is 0 Å². The van der Waals surface area contributed by atoms with Crippen LogP contribution in [0.2, 0.25) is 0 Å². The Balaban J connectivity index is -0.0000000178. The first kappa shape index (κ1) is 36.4. The number of rotatable bonds is 0. The van der Waals surface area contributed by atoms with E-state index in [1.165, 1.54) is 0 Å². The zero-order chi connectivity index (χ0) is 9.00. The second-order valence-electron chi connectivity index (χ2n) is 0.894. The molecule has 14 heavy (non-hydrogen) atoms. The fourth-order valence-corrected chi connectivity index (χ4v) is 0. The molecule has 0 N–H and O–H groups in total. The summed E-state index contributed by atoms with van der Waals surface area (Å²) in [5, 5.41) is 0. The van der Waals surface area contributed by atoms with Gasteiger partial charge in [0, 0.05) is 0 Å². The molecule has 0 saturated carbocycles. The van der Waals surface area contributed by atoms with Crippen molar-refractivity contribution in [2.45, 2.75) is 0 Å². The first-order valence-corrected chi connectivity index (χ1v) is 6.57. The smallest absolute Gasteiger partial charge is 0.844 e. The molecule has 0 aromatic rings. The van der Waals surface area contributed by atoms with Crippen molar-refractivity contribution < 1.29 is 140 Å². The predicted octanol–water partition coefficient (Wildman–Crippen LogP) is -14.4. The number of hydrogen-bond acceptors (Lipinski definition) is 8. The Morgan fingerprint density at radius 2 is 0.571 bits per heavy atom. The van der Waals surface area contributed by atoms with Crippen LogP contribution in [0.5, 0.6) is 0 Å². The molecule has 0 aliphatic carbocycles. The van der Waals surface area contributed by atoms with Gasteiger partial charge in [-0.25, -0.2) is 0 Å². The van der Waals surface area contributed by atoms with Gasteiger partial charge in [0.25, 0.3) is 0 Å². The summed E-state index contributed by atoms with van der Waals surface area (Å²) in [4.78, 5) is 53.5. The van der Waals surface area contributed by atoms with Crippen molar-refractivity contribution in [3.05, 3.63) is 0 Å². The van der Waals surface area contributed by atoms with Gasteiger partial charge in [-0.05, 0) is 0 Å². The third-order valence-electron chi connectivity index (χ3n) is 0. The Hall–Kier alpha value is 4.80. The van der Waals surface area contributed by atoms with E-state index < -0.39 is 13.4 Å². The van der Waals surface area contributed by atoms with E-state index in [0.29, 0.717) is 0 Å². The maximum absolute atomic E-state index is 8.92. The molecule has 0 aliphatic rings. The first-order chi connectivity index (χ1) is 4.00. The molecule has 0 fully saturated rings. The molecule has 72 valence electrons. The van der Waals surface area contributed by atoms with Crippen LogP contribution < -0.4 is 118 Å². The fraction of sp³-hybridized carbons (Fsp3) is 0. The summed E-state index contributed by atoms with van der Waals surface area (Å²) in [5.41, 5.74) is 0. The molecule has 0 radical (unpaired) electrons. The zero-order valence-electron chi connectivity index (χ0n) is 7.46. The van der Waals surface area contributed by atoms with E-state index in [4.69, 9.17) is 29.4 Å². The molecule has 0 atom stereocenters. The molecular weight excluding hydrogens is 488 g/mol. The maximum Gasteiger partial charge on any atom is 3.00 e. The molecule has 0 aromatic heterocycles. The van der Waals surface area contributed by atoms with Crippen LogP contribution in [0.4, 0.5) is 0 Å². The van der Waals surface area contributed by atoms with Crippen molar-refractivity contribution in [2.75, 3.05) is 0 Å². The Morgan fingerprint density at radius 3 is 0.571 bits per heavy atom. The van der Waals surface area contributed by atoms with E-state index in [1.807, 2.05) is 0 Å². The SMILES string of the molecule is [Au+3].[Na+].[Na+].[Na+].[O-]P([O-])([O-])=S.[O-]P([O-])([O-])=S. The Morgan fingerprint density at radius 1 is 0.571 bits per heavy atom. The fourth-order valence-electron chi connectivity index (χ4n) is 0. The molecule has 0 saturated heterocycles. The maximum atomic E-state index is 8.92. The van der Waals surface area contributed by atoms with E-state index in [2.05, 4.69) is 23.6 Å². The van der Waals surface area contributed by atoms with Crippen LogP contribution >= 0.6 is 13.4 Å². The summed E-state index contributed by atoms with van der Waals surface area (Å²) in [7, 11) is 0. The van der Waals surface area contributed by atoms with Crippen molar-refractivity contribution in [1.29, 1.82) is 0 Å². The van der Waals surface area contributed by atoms with Gasteiger partial charge in [0.05, 0.1) is 0 Å². The molecule has 0 rings (SSSR count). The third kappa shape index (κ3) is 182. The van der Waals surface area contributed by atoms with Crippen molar-refractivity contribution in [2.24, 2.45) is 0 Å². The van der Waals surface area contributed by atoms with Crippen molar-refractivity contribution in [3.8, 4) is 0 Å². The molecule has 6 nitrogen and oxygen atoms in total. The molecule has 0 unspecified atom stereocenters. The van der Waals surface area contributed by atoms with Crippen LogP contribution in [0.25, 0.3) is 0 Å². The molecule has 0 amide bonds. The van der Waals surface area contributed by atoms with Crippen molar-refractivity contribution >= 4 is 37.1 Å². The van der Waals surface area contributed by atoms with Gasteiger partial charge in [0.15, 0.2) is 0 Å². The van der Waals surface area contributed by atoms with Crippen LogP contribution in [-0.2, 0) is 46.0 Å². The quantitative estimate of drug-likeness (QED) is 0.242. The summed E-state index contributed by atoms with van der Waals surface area (Å²) < 4.78 is 0. The van der Waals surface area contributed by atoms with Crippen LogP contribution in [0.15, 0.2) is 0 Å². The summed E-state index contributed by atoms with van der Waals surface area (Å²) in [6.45, 7) is -9.11. The molecule has 0 heterocycles. The average molecular weight is 488 g/mol. The van der Waals surface area contributed by atoms with Crippen molar-refractivity contribution in [3.63, 3.8) is 0 Å². The van der Waals surface area contributed by atoms with E-state index in [0.717, 1.165) is 0 Å². The van der Waals surface area contributed by atoms with Gasteiger partial charge < -0.3 is 42.8 Å². The average Bonchev–Trinajstić information content (AvgIpc) is 1.12. The second-order valence-corrected chi connectivity index (χ2v) is 5.37. The Labute approximate surface area is 174 Å². The first-order valence-electron chi connectivity index (χ1n) is 1.46. The summed E-state index contributed by atoms with van der Waals surface area (Å²) in [6, 6.07) is 0. The van der Waals surface area contributed by atoms with Crippen LogP contribution in [0.1, 0.15) is 0 Å². The van der Waals surface area contributed by atoms with E-state index in [9.17, 15) is 0 Å². The molecule has 0 spiro atoms. The standard InChI is InChI=1S/Au.3Na.2H3O3PS/c;;;;2*1-4(2,3)5/h;;;;2*(H3,1,2,3,5)/q+3;3*+1;;/p-6. The van der Waals surface area contributed by atoms with E-state index in [1.54, 1.807) is 0 Å². The van der Waals surface area contributed by atoms with Gasteiger partial charge in [-0.2, -0.15) is 23.6 Å². The topological polar surface area (TPSA) is 138 Å². The monoisotopic (exact) mass is 488 g/mol. The second kappa shape index (κ2) is 17.8. The molecule has 14 heteroatoms. The minimum atomic E-state index is -4.56. The minimum absolute atomic E-state index is 0. The minimum Gasteiger partial charge on any atom is -0.844 e. The number of hydrogen-bond donors (Lipinski definition) is 0. The third-order valence-corrected chi connectivity index (χ3v) is 0. The van der Waals surface area contributed by atoms with Gasteiger partial charge in [0.1, 0.15) is 0 Å².